The quantitative estimate of drug-likeness (QED) is 0.759. The van der Waals surface area contributed by atoms with E-state index < -0.39 is 11.5 Å². The van der Waals surface area contributed by atoms with Crippen LogP contribution in [0.25, 0.3) is 0 Å². The highest BCUT2D eigenvalue weighted by Crippen LogP contribution is 2.34. The zero-order valence-electron chi connectivity index (χ0n) is 11.9. The van der Waals surface area contributed by atoms with Crippen LogP contribution in [0.1, 0.15) is 44.2 Å². The Morgan fingerprint density at radius 1 is 1.33 bits per heavy atom. The van der Waals surface area contributed by atoms with Gasteiger partial charge in [0, 0.05) is 4.47 Å². The predicted octanol–water partition coefficient (Wildman–Crippen LogP) is 3.21. The van der Waals surface area contributed by atoms with Crippen molar-refractivity contribution in [2.45, 2.75) is 44.2 Å². The first-order valence-electron chi connectivity index (χ1n) is 6.96. The molecule has 5 nitrogen and oxygen atoms in total. The lowest BCUT2D eigenvalue weighted by atomic mass is 9.74. The number of rotatable bonds is 5. The van der Waals surface area contributed by atoms with Gasteiger partial charge in [0.05, 0.1) is 18.0 Å². The molecular weight excluding hydrogens is 336 g/mol. The summed E-state index contributed by atoms with van der Waals surface area (Å²) in [5, 5.41) is 14.6. The molecule has 6 heteroatoms. The molecular formula is C15H19BrN2O3. The number of benzene rings is 1. The van der Waals surface area contributed by atoms with Crippen molar-refractivity contribution in [2.24, 2.45) is 0 Å². The normalized spacial score (nSPS) is 17.4. The summed E-state index contributed by atoms with van der Waals surface area (Å²) in [6.45, 7) is 1.90. The van der Waals surface area contributed by atoms with Crippen molar-refractivity contribution in [1.29, 1.82) is 0 Å². The van der Waals surface area contributed by atoms with E-state index in [1.54, 1.807) is 0 Å². The second-order valence-corrected chi connectivity index (χ2v) is 6.49. The molecule has 114 valence electrons. The molecule has 2 amide bonds. The molecule has 0 spiro atoms. The van der Waals surface area contributed by atoms with E-state index in [0.717, 1.165) is 29.3 Å². The van der Waals surface area contributed by atoms with Crippen molar-refractivity contribution in [3.8, 4) is 0 Å². The minimum Gasteiger partial charge on any atom is -0.481 e. The summed E-state index contributed by atoms with van der Waals surface area (Å²) in [7, 11) is 0. The molecule has 0 radical (unpaired) electrons. The van der Waals surface area contributed by atoms with Gasteiger partial charge >= 0.3 is 12.0 Å². The maximum absolute atomic E-state index is 12.1. The van der Waals surface area contributed by atoms with Crippen LogP contribution in [0, 0.1) is 0 Å². The summed E-state index contributed by atoms with van der Waals surface area (Å²) in [5.41, 5.74) is 0.421. The number of aliphatic carboxylic acids is 1. The summed E-state index contributed by atoms with van der Waals surface area (Å²) in [6, 6.07) is 7.26. The zero-order chi connectivity index (χ0) is 15.5. The maximum atomic E-state index is 12.1. The topological polar surface area (TPSA) is 78.4 Å². The second-order valence-electron chi connectivity index (χ2n) is 5.58. The number of halogens is 1. The van der Waals surface area contributed by atoms with E-state index in [9.17, 15) is 9.59 Å². The fourth-order valence-electron chi connectivity index (χ4n) is 2.55. The molecule has 1 aliphatic carbocycles. The molecule has 0 aromatic heterocycles. The van der Waals surface area contributed by atoms with Gasteiger partial charge in [-0.05, 0) is 43.9 Å². The first-order chi connectivity index (χ1) is 9.90. The van der Waals surface area contributed by atoms with Crippen molar-refractivity contribution < 1.29 is 14.7 Å². The van der Waals surface area contributed by atoms with Crippen LogP contribution in [-0.4, -0.2) is 22.6 Å². The third-order valence-corrected chi connectivity index (χ3v) is 4.43. The molecule has 0 aliphatic heterocycles. The monoisotopic (exact) mass is 354 g/mol. The number of hydrogen-bond acceptors (Lipinski definition) is 2. The third kappa shape index (κ3) is 4.20. The van der Waals surface area contributed by atoms with Gasteiger partial charge in [0.1, 0.15) is 0 Å². The third-order valence-electron chi connectivity index (χ3n) is 3.90. The molecule has 1 aromatic rings. The summed E-state index contributed by atoms with van der Waals surface area (Å²) in [4.78, 5) is 22.9. The molecule has 1 aromatic carbocycles. The van der Waals surface area contributed by atoms with Crippen LogP contribution in [0.5, 0.6) is 0 Å². The summed E-state index contributed by atoms with van der Waals surface area (Å²) >= 11 is 3.37. The largest absolute Gasteiger partial charge is 0.481 e. The van der Waals surface area contributed by atoms with Crippen LogP contribution in [0.4, 0.5) is 4.79 Å². The molecule has 1 atom stereocenters. The Hall–Kier alpha value is -1.56. The number of amides is 2. The van der Waals surface area contributed by atoms with E-state index in [-0.39, 0.29) is 18.5 Å². The molecule has 0 heterocycles. The fourth-order valence-corrected chi connectivity index (χ4v) is 2.81. The van der Waals surface area contributed by atoms with Gasteiger partial charge in [0.25, 0.3) is 0 Å². The van der Waals surface area contributed by atoms with E-state index in [4.69, 9.17) is 5.11 Å². The van der Waals surface area contributed by atoms with E-state index in [0.29, 0.717) is 0 Å². The standard InChI is InChI=1S/C15H19BrN2O3/c1-10(11-3-5-12(16)6-4-11)17-14(21)18-15(7-2-8-15)9-13(19)20/h3-6,10H,2,7-9H2,1H3,(H,19,20)(H2,17,18,21). The lowest BCUT2D eigenvalue weighted by Crippen LogP contribution is -2.57. The molecule has 1 fully saturated rings. The number of carboxylic acid groups (broad SMARTS) is 1. The second kappa shape index (κ2) is 6.47. The van der Waals surface area contributed by atoms with Crippen molar-refractivity contribution in [3.63, 3.8) is 0 Å². The van der Waals surface area contributed by atoms with E-state index in [2.05, 4.69) is 26.6 Å². The van der Waals surface area contributed by atoms with Crippen molar-refractivity contribution in [2.75, 3.05) is 0 Å². The Balaban J connectivity index is 1.91. The lowest BCUT2D eigenvalue weighted by molar-refractivity contribution is -0.139. The van der Waals surface area contributed by atoms with Gasteiger partial charge in [0.15, 0.2) is 0 Å². The number of hydrogen-bond donors (Lipinski definition) is 3. The molecule has 21 heavy (non-hydrogen) atoms. The van der Waals surface area contributed by atoms with Gasteiger partial charge in [-0.15, -0.1) is 0 Å². The Morgan fingerprint density at radius 3 is 2.43 bits per heavy atom. The van der Waals surface area contributed by atoms with Crippen LogP contribution in [0.15, 0.2) is 28.7 Å². The molecule has 1 aliphatic rings. The molecule has 1 unspecified atom stereocenters. The highest BCUT2D eigenvalue weighted by atomic mass is 79.9. The number of nitrogens with one attached hydrogen (secondary N) is 2. The highest BCUT2D eigenvalue weighted by Gasteiger charge is 2.40. The maximum Gasteiger partial charge on any atom is 0.315 e. The number of urea groups is 1. The first-order valence-corrected chi connectivity index (χ1v) is 7.75. The Kier molecular flexibility index (Phi) is 4.88. The molecule has 1 saturated carbocycles. The first kappa shape index (κ1) is 15.8. The number of carbonyl (C=O) groups excluding carboxylic acids is 1. The Labute approximate surface area is 132 Å². The average molecular weight is 355 g/mol. The summed E-state index contributed by atoms with van der Waals surface area (Å²) < 4.78 is 0.984. The van der Waals surface area contributed by atoms with E-state index in [1.165, 1.54) is 0 Å². The highest BCUT2D eigenvalue weighted by molar-refractivity contribution is 9.10. The minimum absolute atomic E-state index is 0.0207. The molecule has 0 bridgehead atoms. The van der Waals surface area contributed by atoms with E-state index >= 15 is 0 Å². The van der Waals surface area contributed by atoms with Crippen molar-refractivity contribution >= 4 is 27.9 Å². The van der Waals surface area contributed by atoms with E-state index in [1.807, 2.05) is 31.2 Å². The van der Waals surface area contributed by atoms with Crippen LogP contribution < -0.4 is 10.6 Å². The van der Waals surface area contributed by atoms with Gasteiger partial charge in [-0.2, -0.15) is 0 Å². The average Bonchev–Trinajstić information content (AvgIpc) is 2.36. The zero-order valence-corrected chi connectivity index (χ0v) is 13.4. The van der Waals surface area contributed by atoms with Crippen LogP contribution >= 0.6 is 15.9 Å². The Morgan fingerprint density at radius 2 is 1.95 bits per heavy atom. The molecule has 2 rings (SSSR count). The van der Waals surface area contributed by atoms with Crippen LogP contribution in [0.2, 0.25) is 0 Å². The minimum atomic E-state index is -0.879. The lowest BCUT2D eigenvalue weighted by Gasteiger charge is -2.41. The summed E-state index contributed by atoms with van der Waals surface area (Å²) in [6.07, 6.45) is 2.38. The van der Waals surface area contributed by atoms with Crippen molar-refractivity contribution in [1.82, 2.24) is 10.6 Å². The van der Waals surface area contributed by atoms with Crippen LogP contribution in [-0.2, 0) is 4.79 Å². The predicted molar refractivity (Wildman–Crippen MR) is 83.1 cm³/mol. The van der Waals surface area contributed by atoms with Gasteiger partial charge in [-0.3, -0.25) is 4.79 Å². The molecule has 0 saturated heterocycles. The number of carboxylic acids is 1. The summed E-state index contributed by atoms with van der Waals surface area (Å²) in [5.74, 6) is -0.879. The van der Waals surface area contributed by atoms with Gasteiger partial charge in [-0.1, -0.05) is 28.1 Å². The smallest absolute Gasteiger partial charge is 0.315 e. The van der Waals surface area contributed by atoms with Gasteiger partial charge < -0.3 is 15.7 Å². The van der Waals surface area contributed by atoms with Gasteiger partial charge in [-0.25, -0.2) is 4.79 Å². The SMILES string of the molecule is CC(NC(=O)NC1(CC(=O)O)CCC1)c1ccc(Br)cc1. The number of carbonyl (C=O) groups is 2. The van der Waals surface area contributed by atoms with Gasteiger partial charge in [0.2, 0.25) is 0 Å². The van der Waals surface area contributed by atoms with Crippen molar-refractivity contribution in [3.05, 3.63) is 34.3 Å². The molecule has 3 N–H and O–H groups in total. The van der Waals surface area contributed by atoms with Crippen LogP contribution in [0.3, 0.4) is 0 Å². The Bertz CT molecular complexity index is 526. The fraction of sp³-hybridized carbons (Fsp3) is 0.467.